The van der Waals surface area contributed by atoms with E-state index in [1.807, 2.05) is 0 Å². The first-order valence-corrected chi connectivity index (χ1v) is 10.4. The minimum Gasteiger partial charge on any atom is -0.481 e. The number of esters is 3. The minimum atomic E-state index is -1.17. The van der Waals surface area contributed by atoms with Crippen molar-refractivity contribution < 1.29 is 43.2 Å². The second-order valence-corrected chi connectivity index (χ2v) is 8.72. The Morgan fingerprint density at radius 1 is 1.17 bits per heavy atom. The first kappa shape index (κ1) is 20.8. The predicted molar refractivity (Wildman–Crippen MR) is 99.0 cm³/mol. The normalized spacial score (nSPS) is 35.6. The summed E-state index contributed by atoms with van der Waals surface area (Å²) in [5.74, 6) is -4.75. The monoisotopic (exact) mass is 422 g/mol. The Morgan fingerprint density at radius 2 is 1.87 bits per heavy atom. The van der Waals surface area contributed by atoms with Crippen LogP contribution in [0.3, 0.4) is 0 Å². The average molecular weight is 422 g/mol. The van der Waals surface area contributed by atoms with Crippen LogP contribution in [0, 0.1) is 11.8 Å². The molecule has 2 bridgehead atoms. The Morgan fingerprint density at radius 3 is 2.50 bits per heavy atom. The van der Waals surface area contributed by atoms with Crippen molar-refractivity contribution in [3.05, 3.63) is 12.2 Å². The van der Waals surface area contributed by atoms with E-state index >= 15 is 0 Å². The number of carboxylic acid groups (broad SMARTS) is 1. The summed E-state index contributed by atoms with van der Waals surface area (Å²) in [5.41, 5.74) is -0.425. The van der Waals surface area contributed by atoms with Gasteiger partial charge in [0.2, 0.25) is 0 Å². The fraction of sp³-hybridized carbons (Fsp3) is 0.714. The van der Waals surface area contributed by atoms with Crippen LogP contribution >= 0.6 is 0 Å². The third kappa shape index (κ3) is 3.49. The van der Waals surface area contributed by atoms with Crippen molar-refractivity contribution in [2.45, 2.75) is 81.9 Å². The van der Waals surface area contributed by atoms with Gasteiger partial charge in [0.1, 0.15) is 29.6 Å². The zero-order chi connectivity index (χ0) is 21.6. The van der Waals surface area contributed by atoms with Crippen LogP contribution in [0.5, 0.6) is 0 Å². The highest BCUT2D eigenvalue weighted by atomic mass is 16.7. The zero-order valence-electron chi connectivity index (χ0n) is 16.8. The van der Waals surface area contributed by atoms with Crippen LogP contribution < -0.4 is 0 Å². The summed E-state index contributed by atoms with van der Waals surface area (Å²) in [6, 6.07) is 0. The number of aliphatic carboxylic acids is 1. The van der Waals surface area contributed by atoms with E-state index in [0.717, 1.165) is 19.3 Å². The maximum Gasteiger partial charge on any atom is 0.333 e. The van der Waals surface area contributed by atoms with Gasteiger partial charge in [0.05, 0.1) is 0 Å². The molecule has 0 aromatic carbocycles. The minimum absolute atomic E-state index is 0.000803. The number of hydrogen-bond acceptors (Lipinski definition) is 8. The molecule has 0 aromatic heterocycles. The molecular weight excluding hydrogens is 396 g/mol. The third-order valence-electron chi connectivity index (χ3n) is 6.66. The van der Waals surface area contributed by atoms with Gasteiger partial charge in [0.15, 0.2) is 12.2 Å². The molecule has 4 rings (SSSR count). The van der Waals surface area contributed by atoms with Gasteiger partial charge in [-0.2, -0.15) is 0 Å². The van der Waals surface area contributed by atoms with Gasteiger partial charge in [-0.15, -0.1) is 0 Å². The molecule has 0 aromatic rings. The Hall–Kier alpha value is -2.42. The van der Waals surface area contributed by atoms with E-state index in [-0.39, 0.29) is 6.42 Å². The van der Waals surface area contributed by atoms with Gasteiger partial charge in [-0.05, 0) is 39.0 Å². The van der Waals surface area contributed by atoms with Crippen molar-refractivity contribution in [3.63, 3.8) is 0 Å². The molecule has 3 aliphatic heterocycles. The molecule has 164 valence electrons. The highest BCUT2D eigenvalue weighted by Gasteiger charge is 2.71. The van der Waals surface area contributed by atoms with Gasteiger partial charge in [-0.1, -0.05) is 13.0 Å². The number of carboxylic acids is 1. The number of carbonyl (C=O) groups is 4. The molecule has 0 spiro atoms. The fourth-order valence-electron chi connectivity index (χ4n) is 5.18. The molecule has 0 amide bonds. The van der Waals surface area contributed by atoms with Crippen LogP contribution in [0.1, 0.15) is 51.9 Å². The quantitative estimate of drug-likeness (QED) is 0.369. The number of fused-ring (bicyclic) bond motifs is 1. The van der Waals surface area contributed by atoms with Crippen molar-refractivity contribution in [3.8, 4) is 0 Å². The smallest absolute Gasteiger partial charge is 0.333 e. The molecule has 1 aliphatic carbocycles. The van der Waals surface area contributed by atoms with E-state index in [9.17, 15) is 24.3 Å². The van der Waals surface area contributed by atoms with Gasteiger partial charge < -0.3 is 24.1 Å². The van der Waals surface area contributed by atoms with Gasteiger partial charge in [0.25, 0.3) is 0 Å². The van der Waals surface area contributed by atoms with Crippen LogP contribution in [0.4, 0.5) is 0 Å². The molecule has 0 radical (unpaired) electrons. The summed E-state index contributed by atoms with van der Waals surface area (Å²) in [6.07, 6.45) is 1.19. The molecule has 3 saturated heterocycles. The summed E-state index contributed by atoms with van der Waals surface area (Å²) < 4.78 is 22.1. The van der Waals surface area contributed by atoms with E-state index in [0.29, 0.717) is 24.8 Å². The lowest BCUT2D eigenvalue weighted by Gasteiger charge is -2.37. The van der Waals surface area contributed by atoms with Gasteiger partial charge >= 0.3 is 23.9 Å². The van der Waals surface area contributed by atoms with Crippen LogP contribution in [0.15, 0.2) is 12.2 Å². The highest BCUT2D eigenvalue weighted by Crippen LogP contribution is 2.51. The van der Waals surface area contributed by atoms with E-state index in [4.69, 9.17) is 18.9 Å². The van der Waals surface area contributed by atoms with Crippen LogP contribution in [0.2, 0.25) is 0 Å². The Labute approximate surface area is 173 Å². The van der Waals surface area contributed by atoms with Crippen molar-refractivity contribution in [1.29, 1.82) is 0 Å². The summed E-state index contributed by atoms with van der Waals surface area (Å²) in [6.45, 7) is 5.20. The molecular formula is C21H26O9. The van der Waals surface area contributed by atoms with Gasteiger partial charge in [-0.3, -0.25) is 14.4 Å². The Kier molecular flexibility index (Phi) is 5.34. The van der Waals surface area contributed by atoms with Gasteiger partial charge in [-0.25, -0.2) is 4.79 Å². The Bertz CT molecular complexity index is 781. The Balaban J connectivity index is 1.39. The SMILES string of the molecule is C=C(C)C(=O)OC1(CCC(=O)OC2C3OC(=O)C4C3OC2C4C(=O)O)CCCCC1. The van der Waals surface area contributed by atoms with Crippen molar-refractivity contribution in [2.24, 2.45) is 11.8 Å². The van der Waals surface area contributed by atoms with Crippen molar-refractivity contribution in [1.82, 2.24) is 0 Å². The second-order valence-electron chi connectivity index (χ2n) is 8.72. The molecule has 6 unspecified atom stereocenters. The lowest BCUT2D eigenvalue weighted by atomic mass is 9.78. The number of ether oxygens (including phenoxy) is 4. The molecule has 3 heterocycles. The van der Waals surface area contributed by atoms with E-state index < -0.39 is 65.7 Å². The summed E-state index contributed by atoms with van der Waals surface area (Å²) in [7, 11) is 0. The summed E-state index contributed by atoms with van der Waals surface area (Å²) in [4.78, 5) is 48.3. The maximum atomic E-state index is 12.6. The second kappa shape index (κ2) is 7.68. The van der Waals surface area contributed by atoms with E-state index in [1.165, 1.54) is 0 Å². The third-order valence-corrected chi connectivity index (χ3v) is 6.66. The molecule has 9 nitrogen and oxygen atoms in total. The number of hydrogen-bond donors (Lipinski definition) is 1. The molecule has 1 N–H and O–H groups in total. The number of carbonyl (C=O) groups excluding carboxylic acids is 3. The summed E-state index contributed by atoms with van der Waals surface area (Å²) >= 11 is 0. The standard InChI is InChI=1S/C21H26O9/c1-10(2)19(25)30-21(7-4-3-5-8-21)9-6-11(22)27-16-14-12(18(23)24)13-15(28-14)17(16)29-20(13)26/h12-17H,1,3-9H2,2H3,(H,23,24). The maximum absolute atomic E-state index is 12.6. The van der Waals surface area contributed by atoms with Crippen LogP contribution in [-0.2, 0) is 38.1 Å². The first-order valence-electron chi connectivity index (χ1n) is 10.4. The predicted octanol–water partition coefficient (Wildman–Crippen LogP) is 1.52. The molecule has 30 heavy (non-hydrogen) atoms. The fourth-order valence-corrected chi connectivity index (χ4v) is 5.18. The van der Waals surface area contributed by atoms with Crippen molar-refractivity contribution >= 4 is 23.9 Å². The number of rotatable bonds is 7. The molecule has 4 fully saturated rings. The molecule has 4 aliphatic rings. The van der Waals surface area contributed by atoms with Gasteiger partial charge in [0, 0.05) is 12.0 Å². The first-order chi connectivity index (χ1) is 14.2. The van der Waals surface area contributed by atoms with E-state index in [1.54, 1.807) is 6.92 Å². The molecule has 1 saturated carbocycles. The zero-order valence-corrected chi connectivity index (χ0v) is 16.8. The summed E-state index contributed by atoms with van der Waals surface area (Å²) in [5, 5.41) is 9.48. The van der Waals surface area contributed by atoms with E-state index in [2.05, 4.69) is 6.58 Å². The highest BCUT2D eigenvalue weighted by molar-refractivity contribution is 5.87. The van der Waals surface area contributed by atoms with Crippen molar-refractivity contribution in [2.75, 3.05) is 0 Å². The molecule has 6 atom stereocenters. The lowest BCUT2D eigenvalue weighted by Crippen LogP contribution is -2.47. The lowest BCUT2D eigenvalue weighted by molar-refractivity contribution is -0.168. The molecule has 9 heteroatoms. The van der Waals surface area contributed by atoms with Crippen LogP contribution in [-0.4, -0.2) is 59.0 Å². The topological polar surface area (TPSA) is 125 Å². The van der Waals surface area contributed by atoms with Crippen LogP contribution in [0.25, 0.3) is 0 Å². The average Bonchev–Trinajstić information content (AvgIpc) is 3.31. The largest absolute Gasteiger partial charge is 0.481 e.